The molecule has 2 aromatic heterocycles. The fourth-order valence-electron chi connectivity index (χ4n) is 1.87. The molecular weight excluding hydrogens is 276 g/mol. The Morgan fingerprint density at radius 1 is 1.21 bits per heavy atom. The van der Waals surface area contributed by atoms with Gasteiger partial charge in [-0.05, 0) is 37.3 Å². The van der Waals surface area contributed by atoms with E-state index in [2.05, 4.69) is 53.6 Å². The lowest BCUT2D eigenvalue weighted by molar-refractivity contribution is 0.888. The topological polar surface area (TPSA) is 43.1 Å². The number of nitrogens with zero attached hydrogens (tertiary/aromatic N) is 4. The maximum Gasteiger partial charge on any atom is 0.235 e. The SMILES string of the molecule is CSCc1nnc2sc(-c3ccc(C)c(C)c3)nn12. The van der Waals surface area contributed by atoms with Crippen LogP contribution in [0.5, 0.6) is 0 Å². The van der Waals surface area contributed by atoms with Gasteiger partial charge < -0.3 is 0 Å². The van der Waals surface area contributed by atoms with Gasteiger partial charge >= 0.3 is 0 Å². The molecule has 98 valence electrons. The zero-order valence-corrected chi connectivity index (χ0v) is 12.7. The molecule has 0 aliphatic rings. The van der Waals surface area contributed by atoms with Gasteiger partial charge in [-0.1, -0.05) is 23.5 Å². The van der Waals surface area contributed by atoms with Crippen LogP contribution in [-0.2, 0) is 5.75 Å². The summed E-state index contributed by atoms with van der Waals surface area (Å²) < 4.78 is 1.85. The summed E-state index contributed by atoms with van der Waals surface area (Å²) in [4.78, 5) is 0.859. The number of aryl methyl sites for hydroxylation is 2. The van der Waals surface area contributed by atoms with E-state index in [9.17, 15) is 0 Å². The van der Waals surface area contributed by atoms with Crippen LogP contribution in [0.1, 0.15) is 17.0 Å². The zero-order valence-electron chi connectivity index (χ0n) is 11.0. The van der Waals surface area contributed by atoms with E-state index in [0.717, 1.165) is 27.1 Å². The minimum absolute atomic E-state index is 0.831. The van der Waals surface area contributed by atoms with E-state index in [1.807, 2.05) is 4.52 Å². The monoisotopic (exact) mass is 290 g/mol. The first-order valence-electron chi connectivity index (χ1n) is 5.96. The van der Waals surface area contributed by atoms with Gasteiger partial charge in [0.15, 0.2) is 5.82 Å². The molecule has 0 spiro atoms. The molecule has 19 heavy (non-hydrogen) atoms. The largest absolute Gasteiger partial charge is 0.235 e. The van der Waals surface area contributed by atoms with E-state index >= 15 is 0 Å². The van der Waals surface area contributed by atoms with Gasteiger partial charge in [0.2, 0.25) is 4.96 Å². The summed E-state index contributed by atoms with van der Waals surface area (Å²) in [7, 11) is 0. The predicted octanol–water partition coefficient (Wildman–Crippen LogP) is 3.33. The molecule has 6 heteroatoms. The molecule has 3 aromatic rings. The lowest BCUT2D eigenvalue weighted by Gasteiger charge is -2.01. The second-order valence-electron chi connectivity index (χ2n) is 4.45. The third kappa shape index (κ3) is 2.26. The van der Waals surface area contributed by atoms with E-state index in [0.29, 0.717) is 0 Å². The highest BCUT2D eigenvalue weighted by atomic mass is 32.2. The third-order valence-electron chi connectivity index (χ3n) is 3.08. The van der Waals surface area contributed by atoms with Crippen LogP contribution in [0.15, 0.2) is 18.2 Å². The highest BCUT2D eigenvalue weighted by Gasteiger charge is 2.12. The van der Waals surface area contributed by atoms with E-state index in [-0.39, 0.29) is 0 Å². The van der Waals surface area contributed by atoms with Crippen LogP contribution in [0.2, 0.25) is 0 Å². The van der Waals surface area contributed by atoms with Crippen molar-refractivity contribution in [2.24, 2.45) is 0 Å². The predicted molar refractivity (Wildman–Crippen MR) is 80.8 cm³/mol. The van der Waals surface area contributed by atoms with Crippen molar-refractivity contribution in [2.45, 2.75) is 19.6 Å². The Hall–Kier alpha value is -1.40. The van der Waals surface area contributed by atoms with Gasteiger partial charge in [0.05, 0.1) is 5.75 Å². The van der Waals surface area contributed by atoms with Crippen molar-refractivity contribution in [3.05, 3.63) is 35.2 Å². The fourth-order valence-corrected chi connectivity index (χ4v) is 3.16. The van der Waals surface area contributed by atoms with E-state index < -0.39 is 0 Å². The van der Waals surface area contributed by atoms with Crippen molar-refractivity contribution in [1.29, 1.82) is 0 Å². The van der Waals surface area contributed by atoms with Crippen LogP contribution in [-0.4, -0.2) is 26.1 Å². The molecule has 0 fully saturated rings. The van der Waals surface area contributed by atoms with E-state index in [1.54, 1.807) is 23.1 Å². The van der Waals surface area contributed by atoms with Gasteiger partial charge in [-0.3, -0.25) is 0 Å². The number of rotatable bonds is 3. The Morgan fingerprint density at radius 3 is 2.79 bits per heavy atom. The number of hydrogen-bond acceptors (Lipinski definition) is 5. The second kappa shape index (κ2) is 4.94. The highest BCUT2D eigenvalue weighted by Crippen LogP contribution is 2.27. The number of thioether (sulfide) groups is 1. The molecule has 0 amide bonds. The Kier molecular flexibility index (Phi) is 3.28. The Balaban J connectivity index is 2.07. The van der Waals surface area contributed by atoms with Crippen molar-refractivity contribution in [2.75, 3.05) is 6.26 Å². The smallest absolute Gasteiger partial charge is 0.186 e. The normalized spacial score (nSPS) is 11.3. The molecule has 0 unspecified atom stereocenters. The fraction of sp³-hybridized carbons (Fsp3) is 0.308. The number of hydrogen-bond donors (Lipinski definition) is 0. The van der Waals surface area contributed by atoms with Crippen LogP contribution in [0.3, 0.4) is 0 Å². The lowest BCUT2D eigenvalue weighted by Crippen LogP contribution is -1.93. The minimum Gasteiger partial charge on any atom is -0.186 e. The van der Waals surface area contributed by atoms with E-state index in [1.165, 1.54) is 11.1 Å². The molecule has 0 bridgehead atoms. The Bertz CT molecular complexity index is 729. The summed E-state index contributed by atoms with van der Waals surface area (Å²) in [6.45, 7) is 4.24. The first-order valence-corrected chi connectivity index (χ1v) is 8.18. The van der Waals surface area contributed by atoms with Crippen molar-refractivity contribution >= 4 is 28.1 Å². The average Bonchev–Trinajstić information content (AvgIpc) is 2.95. The van der Waals surface area contributed by atoms with E-state index in [4.69, 9.17) is 0 Å². The van der Waals surface area contributed by atoms with Gasteiger partial charge in [0.25, 0.3) is 0 Å². The van der Waals surface area contributed by atoms with Crippen molar-refractivity contribution in [3.8, 4) is 10.6 Å². The molecule has 0 atom stereocenters. The van der Waals surface area contributed by atoms with Gasteiger partial charge in [-0.15, -0.1) is 10.2 Å². The molecule has 0 N–H and O–H groups in total. The molecule has 0 aliphatic carbocycles. The first-order chi connectivity index (χ1) is 9.19. The highest BCUT2D eigenvalue weighted by molar-refractivity contribution is 7.97. The average molecular weight is 290 g/mol. The lowest BCUT2D eigenvalue weighted by atomic mass is 10.1. The summed E-state index contributed by atoms with van der Waals surface area (Å²) in [6, 6.07) is 6.42. The molecule has 4 nitrogen and oxygen atoms in total. The summed E-state index contributed by atoms with van der Waals surface area (Å²) >= 11 is 3.31. The Labute approximate surface area is 119 Å². The summed E-state index contributed by atoms with van der Waals surface area (Å²) in [5.74, 6) is 1.74. The van der Waals surface area contributed by atoms with Gasteiger partial charge in [0.1, 0.15) is 5.01 Å². The van der Waals surface area contributed by atoms with Crippen molar-refractivity contribution in [3.63, 3.8) is 0 Å². The zero-order chi connectivity index (χ0) is 13.4. The molecule has 1 aromatic carbocycles. The quantitative estimate of drug-likeness (QED) is 0.742. The summed E-state index contributed by atoms with van der Waals surface area (Å²) in [6.07, 6.45) is 2.05. The van der Waals surface area contributed by atoms with Crippen LogP contribution in [0.25, 0.3) is 15.5 Å². The van der Waals surface area contributed by atoms with Crippen LogP contribution in [0, 0.1) is 13.8 Å². The third-order valence-corrected chi connectivity index (χ3v) is 4.58. The van der Waals surface area contributed by atoms with Gasteiger partial charge in [-0.25, -0.2) is 0 Å². The maximum atomic E-state index is 4.63. The first kappa shape index (κ1) is 12.6. The van der Waals surface area contributed by atoms with Crippen LogP contribution < -0.4 is 0 Å². The molecule has 0 saturated carbocycles. The van der Waals surface area contributed by atoms with Crippen LogP contribution >= 0.6 is 23.1 Å². The van der Waals surface area contributed by atoms with Crippen molar-refractivity contribution < 1.29 is 0 Å². The molecule has 3 rings (SSSR count). The van der Waals surface area contributed by atoms with Crippen LogP contribution in [0.4, 0.5) is 0 Å². The van der Waals surface area contributed by atoms with Crippen molar-refractivity contribution in [1.82, 2.24) is 19.8 Å². The Morgan fingerprint density at radius 2 is 2.05 bits per heavy atom. The molecule has 0 aliphatic heterocycles. The molecule has 0 saturated heterocycles. The summed E-state index contributed by atoms with van der Waals surface area (Å²) in [5.41, 5.74) is 3.73. The number of fused-ring (bicyclic) bond motifs is 1. The number of benzene rings is 1. The molecular formula is C13H14N4S2. The second-order valence-corrected chi connectivity index (χ2v) is 6.27. The molecule has 2 heterocycles. The minimum atomic E-state index is 0.831. The molecule has 0 radical (unpaired) electrons. The van der Waals surface area contributed by atoms with Gasteiger partial charge in [0, 0.05) is 5.56 Å². The van der Waals surface area contributed by atoms with Gasteiger partial charge in [-0.2, -0.15) is 21.4 Å². The standard InChI is InChI=1S/C13H14N4S2/c1-8-4-5-10(6-9(8)2)12-16-17-11(7-18-3)14-15-13(17)19-12/h4-6H,7H2,1-3H3. The number of aromatic nitrogens is 4. The summed E-state index contributed by atoms with van der Waals surface area (Å²) in [5, 5.41) is 14.0. The maximum absolute atomic E-state index is 4.63.